The van der Waals surface area contributed by atoms with Crippen molar-refractivity contribution in [1.29, 1.82) is 0 Å². The number of nitrogens with zero attached hydrogens (tertiary/aromatic N) is 1. The summed E-state index contributed by atoms with van der Waals surface area (Å²) >= 11 is 1.57. The minimum atomic E-state index is -4.10. The van der Waals surface area contributed by atoms with Crippen LogP contribution in [0.25, 0.3) is 0 Å². The van der Waals surface area contributed by atoms with Gasteiger partial charge in [0.15, 0.2) is 0 Å². The van der Waals surface area contributed by atoms with Crippen molar-refractivity contribution in [2.45, 2.75) is 31.2 Å². The fourth-order valence-electron chi connectivity index (χ4n) is 3.05. The Morgan fingerprint density at radius 3 is 2.37 bits per heavy atom. The summed E-state index contributed by atoms with van der Waals surface area (Å²) in [5.41, 5.74) is 4.60. The van der Waals surface area contributed by atoms with Crippen molar-refractivity contribution in [3.8, 4) is 23.3 Å². The Bertz CT molecular complexity index is 1290. The number of hydroxylamine groups is 1. The van der Waals surface area contributed by atoms with Gasteiger partial charge in [-0.15, -0.1) is 17.3 Å². The number of carbonyl (C=O) groups excluding carboxylic acids is 1. The van der Waals surface area contributed by atoms with E-state index in [1.54, 1.807) is 48.0 Å². The Hall–Kier alpha value is -3.43. The van der Waals surface area contributed by atoms with Crippen LogP contribution in [0.5, 0.6) is 11.5 Å². The lowest BCUT2D eigenvalue weighted by molar-refractivity contribution is -0.131. The second kappa shape index (κ2) is 12.3. The van der Waals surface area contributed by atoms with Gasteiger partial charge in [-0.25, -0.2) is 18.9 Å². The average Bonchev–Trinajstić information content (AvgIpc) is 3.27. The number of amides is 1. The molecule has 0 bridgehead atoms. The molecule has 1 amide bonds. The highest BCUT2D eigenvalue weighted by Gasteiger charge is 2.27. The van der Waals surface area contributed by atoms with E-state index in [9.17, 15) is 13.2 Å². The van der Waals surface area contributed by atoms with Gasteiger partial charge in [0.05, 0.1) is 22.7 Å². The Labute approximate surface area is 208 Å². The molecule has 2 aromatic carbocycles. The molecule has 0 fully saturated rings. The Balaban J connectivity index is 1.68. The standard InChI is InChI=1S/C24H25N3O6S2/c1-3-4-14-32-20-9-11-21(12-10-20)35(30,31)27-23(24(28)26-29)18-5-7-19(8-6-18)33-15-13-22-17(2)25-16-34-22/h5-12,16,23,27,29H,13-15H2,1-2H3,(H,26,28). The van der Waals surface area contributed by atoms with Gasteiger partial charge in [-0.2, -0.15) is 4.72 Å². The first-order valence-corrected chi connectivity index (χ1v) is 12.9. The van der Waals surface area contributed by atoms with E-state index in [0.717, 1.165) is 10.6 Å². The van der Waals surface area contributed by atoms with E-state index in [2.05, 4.69) is 21.5 Å². The van der Waals surface area contributed by atoms with Gasteiger partial charge >= 0.3 is 0 Å². The van der Waals surface area contributed by atoms with Crippen LogP contribution in [0.4, 0.5) is 0 Å². The van der Waals surface area contributed by atoms with E-state index in [1.807, 2.05) is 6.92 Å². The van der Waals surface area contributed by atoms with Crippen LogP contribution in [0.2, 0.25) is 0 Å². The number of benzene rings is 2. The number of aromatic nitrogens is 1. The van der Waals surface area contributed by atoms with Gasteiger partial charge in [-0.1, -0.05) is 18.1 Å². The molecule has 35 heavy (non-hydrogen) atoms. The second-order valence-corrected chi connectivity index (χ2v) is 9.90. The summed E-state index contributed by atoms with van der Waals surface area (Å²) < 4.78 is 39.2. The summed E-state index contributed by atoms with van der Waals surface area (Å²) in [7, 11) is -4.10. The fourth-order valence-corrected chi connectivity index (χ4v) is 5.00. The lowest BCUT2D eigenvalue weighted by Crippen LogP contribution is -2.39. The van der Waals surface area contributed by atoms with Crippen LogP contribution in [0.1, 0.15) is 29.1 Å². The molecule has 1 heterocycles. The maximum absolute atomic E-state index is 12.9. The number of nitrogens with one attached hydrogen (secondary N) is 2. The molecule has 0 aliphatic rings. The van der Waals surface area contributed by atoms with Crippen molar-refractivity contribution >= 4 is 27.3 Å². The predicted molar refractivity (Wildman–Crippen MR) is 131 cm³/mol. The molecule has 3 N–H and O–H groups in total. The van der Waals surface area contributed by atoms with Crippen molar-refractivity contribution in [3.63, 3.8) is 0 Å². The number of hydrogen-bond acceptors (Lipinski definition) is 8. The molecule has 0 saturated heterocycles. The number of ether oxygens (including phenoxy) is 2. The first-order chi connectivity index (χ1) is 16.8. The van der Waals surface area contributed by atoms with Crippen molar-refractivity contribution in [1.82, 2.24) is 15.2 Å². The quantitative estimate of drug-likeness (QED) is 0.204. The number of aryl methyl sites for hydroxylation is 1. The third kappa shape index (κ3) is 7.27. The first-order valence-electron chi connectivity index (χ1n) is 10.5. The topological polar surface area (TPSA) is 127 Å². The Morgan fingerprint density at radius 2 is 1.77 bits per heavy atom. The van der Waals surface area contributed by atoms with E-state index < -0.39 is 22.0 Å². The van der Waals surface area contributed by atoms with E-state index in [0.29, 0.717) is 30.1 Å². The fraction of sp³-hybridized carbons (Fsp3) is 0.250. The number of carbonyl (C=O) groups is 1. The maximum Gasteiger partial charge on any atom is 0.266 e. The molecular weight excluding hydrogens is 490 g/mol. The van der Waals surface area contributed by atoms with Gasteiger partial charge in [0.2, 0.25) is 10.0 Å². The van der Waals surface area contributed by atoms with E-state index in [-0.39, 0.29) is 11.5 Å². The third-order valence-electron chi connectivity index (χ3n) is 4.92. The van der Waals surface area contributed by atoms with Crippen LogP contribution in [-0.4, -0.2) is 37.7 Å². The molecule has 0 aliphatic carbocycles. The van der Waals surface area contributed by atoms with Crippen LogP contribution in [0, 0.1) is 18.8 Å². The molecule has 3 aromatic rings. The molecule has 1 aromatic heterocycles. The highest BCUT2D eigenvalue weighted by molar-refractivity contribution is 7.89. The van der Waals surface area contributed by atoms with E-state index in [4.69, 9.17) is 14.7 Å². The first kappa shape index (κ1) is 26.2. The smallest absolute Gasteiger partial charge is 0.266 e. The van der Waals surface area contributed by atoms with Crippen molar-refractivity contribution in [2.75, 3.05) is 13.2 Å². The van der Waals surface area contributed by atoms with Crippen molar-refractivity contribution in [3.05, 3.63) is 70.2 Å². The van der Waals surface area contributed by atoms with Crippen molar-refractivity contribution < 1.29 is 27.9 Å². The molecule has 1 atom stereocenters. The van der Waals surface area contributed by atoms with Crippen molar-refractivity contribution in [2.24, 2.45) is 0 Å². The maximum atomic E-state index is 12.9. The average molecular weight is 516 g/mol. The number of rotatable bonds is 11. The largest absolute Gasteiger partial charge is 0.493 e. The molecule has 184 valence electrons. The zero-order chi connectivity index (χ0) is 25.3. The molecule has 9 nitrogen and oxygen atoms in total. The zero-order valence-electron chi connectivity index (χ0n) is 19.1. The number of sulfonamides is 1. The van der Waals surface area contributed by atoms with Gasteiger partial charge < -0.3 is 9.47 Å². The van der Waals surface area contributed by atoms with Gasteiger partial charge in [-0.3, -0.25) is 10.0 Å². The predicted octanol–water partition coefficient (Wildman–Crippen LogP) is 3.00. The SMILES string of the molecule is CC#CCOc1ccc(S(=O)(=O)NC(C(=O)NO)c2ccc(OCCc3scnc3C)cc2)cc1. The summed E-state index contributed by atoms with van der Waals surface area (Å²) in [6.45, 7) is 4.26. The lowest BCUT2D eigenvalue weighted by Gasteiger charge is -2.18. The van der Waals surface area contributed by atoms with Gasteiger partial charge in [0.25, 0.3) is 5.91 Å². The summed E-state index contributed by atoms with van der Waals surface area (Å²) in [6.07, 6.45) is 0.712. The molecule has 3 rings (SSSR count). The van der Waals surface area contributed by atoms with Gasteiger partial charge in [0, 0.05) is 11.3 Å². The zero-order valence-corrected chi connectivity index (χ0v) is 20.8. The molecule has 11 heteroatoms. The highest BCUT2D eigenvalue weighted by Crippen LogP contribution is 2.23. The highest BCUT2D eigenvalue weighted by atomic mass is 32.2. The monoisotopic (exact) mass is 515 g/mol. The van der Waals surface area contributed by atoms with Crippen LogP contribution in [0.3, 0.4) is 0 Å². The minimum absolute atomic E-state index is 0.0690. The normalized spacial score (nSPS) is 11.7. The molecular formula is C24H25N3O6S2. The van der Waals surface area contributed by atoms with Gasteiger partial charge in [0.1, 0.15) is 24.1 Å². The lowest BCUT2D eigenvalue weighted by atomic mass is 10.1. The molecule has 0 aliphatic heterocycles. The summed E-state index contributed by atoms with van der Waals surface area (Å²) in [4.78, 5) is 17.6. The Morgan fingerprint density at radius 1 is 1.11 bits per heavy atom. The summed E-state index contributed by atoms with van der Waals surface area (Å²) in [5, 5.41) is 9.17. The molecule has 0 radical (unpaired) electrons. The molecule has 0 spiro atoms. The number of thiazole rings is 1. The summed E-state index contributed by atoms with van der Waals surface area (Å²) in [6, 6.07) is 10.7. The van der Waals surface area contributed by atoms with Crippen LogP contribution in [-0.2, 0) is 21.2 Å². The van der Waals surface area contributed by atoms with Crippen LogP contribution in [0.15, 0.2) is 58.9 Å². The molecule has 0 saturated carbocycles. The third-order valence-corrected chi connectivity index (χ3v) is 7.36. The second-order valence-electron chi connectivity index (χ2n) is 7.25. The van der Waals surface area contributed by atoms with E-state index in [1.165, 1.54) is 29.7 Å². The molecule has 1 unspecified atom stereocenters. The summed E-state index contributed by atoms with van der Waals surface area (Å²) in [5.74, 6) is 5.53. The van der Waals surface area contributed by atoms with Crippen LogP contribution < -0.4 is 19.7 Å². The Kier molecular flexibility index (Phi) is 9.22. The van der Waals surface area contributed by atoms with Gasteiger partial charge in [-0.05, 0) is 55.8 Å². The minimum Gasteiger partial charge on any atom is -0.493 e. The number of hydrogen-bond donors (Lipinski definition) is 3. The van der Waals surface area contributed by atoms with Crippen LogP contribution >= 0.6 is 11.3 Å². The van der Waals surface area contributed by atoms with E-state index >= 15 is 0 Å².